The molecule has 0 N–H and O–H groups in total. The molecular weight excluding hydrogens is 239 g/mol. The van der Waals surface area contributed by atoms with Gasteiger partial charge in [0, 0.05) is 0 Å². The monoisotopic (exact) mass is 263 g/mol. The summed E-state index contributed by atoms with van der Waals surface area (Å²) in [6.45, 7) is 10.9. The van der Waals surface area contributed by atoms with Crippen LogP contribution in [0.3, 0.4) is 0 Å². The predicted octanol–water partition coefficient (Wildman–Crippen LogP) is 2.26. The van der Waals surface area contributed by atoms with Crippen molar-refractivity contribution >= 4 is 8.25 Å². The minimum Gasteiger partial charge on any atom is -0.311 e. The van der Waals surface area contributed by atoms with Crippen LogP contribution in [-0.4, -0.2) is 17.8 Å². The number of hydrogen-bond donors (Lipinski definition) is 0. The molecule has 0 aliphatic rings. The van der Waals surface area contributed by atoms with Crippen LogP contribution in [0, 0.1) is 0 Å². The lowest BCUT2D eigenvalue weighted by Gasteiger charge is -1.97. The van der Waals surface area contributed by atoms with E-state index in [9.17, 15) is 4.57 Å². The molecular formula is C11H24N2O3P+. The average molecular weight is 263 g/mol. The van der Waals surface area contributed by atoms with E-state index in [1.54, 1.807) is 13.8 Å². The van der Waals surface area contributed by atoms with Gasteiger partial charge in [-0.05, 0) is 27.7 Å². The molecule has 0 atom stereocenters. The third-order valence-corrected chi connectivity index (χ3v) is 3.05. The second-order valence-electron chi connectivity index (χ2n) is 3.19. The Morgan fingerprint density at radius 2 is 1.76 bits per heavy atom. The molecule has 0 spiro atoms. The molecule has 100 valence electrons. The summed E-state index contributed by atoms with van der Waals surface area (Å²) in [6.07, 6.45) is 6.28. The number of nitrogens with zero attached hydrogens (tertiary/aromatic N) is 2. The number of hydrogen-bond acceptors (Lipinski definition) is 3. The minimum atomic E-state index is -2.14. The van der Waals surface area contributed by atoms with Crippen LogP contribution in [0.15, 0.2) is 18.7 Å². The largest absolute Gasteiger partial charge is 0.319 e. The first-order valence-corrected chi connectivity index (χ1v) is 7.24. The average Bonchev–Trinajstić information content (AvgIpc) is 2.78. The Morgan fingerprint density at radius 3 is 2.06 bits per heavy atom. The summed E-state index contributed by atoms with van der Waals surface area (Å²) in [5.41, 5.74) is 0. The van der Waals surface area contributed by atoms with Crippen molar-refractivity contribution in [3.63, 3.8) is 0 Å². The van der Waals surface area contributed by atoms with Crippen LogP contribution in [0.1, 0.15) is 27.7 Å². The van der Waals surface area contributed by atoms with Crippen molar-refractivity contribution in [1.82, 2.24) is 4.57 Å². The summed E-state index contributed by atoms with van der Waals surface area (Å²) in [6, 6.07) is 0. The van der Waals surface area contributed by atoms with Gasteiger partial charge in [-0.1, -0.05) is 0 Å². The minimum absolute atomic E-state index is 0.456. The van der Waals surface area contributed by atoms with Gasteiger partial charge in [-0.15, -0.1) is 0 Å². The Labute approximate surface area is 104 Å². The lowest BCUT2D eigenvalue weighted by molar-refractivity contribution is -0.693. The first-order valence-electron chi connectivity index (χ1n) is 6.02. The van der Waals surface area contributed by atoms with Crippen LogP contribution >= 0.6 is 8.25 Å². The Kier molecular flexibility index (Phi) is 10.1. The summed E-state index contributed by atoms with van der Waals surface area (Å²) >= 11 is 0. The fraction of sp³-hybridized carbons (Fsp3) is 0.727. The predicted molar refractivity (Wildman–Crippen MR) is 68.2 cm³/mol. The third-order valence-electron chi connectivity index (χ3n) is 2.00. The molecule has 0 amide bonds. The van der Waals surface area contributed by atoms with Gasteiger partial charge in [0.25, 0.3) is 0 Å². The van der Waals surface area contributed by atoms with Crippen molar-refractivity contribution in [2.45, 2.75) is 40.8 Å². The van der Waals surface area contributed by atoms with Crippen LogP contribution in [0.2, 0.25) is 0 Å². The summed E-state index contributed by atoms with van der Waals surface area (Å²) in [4.78, 5) is 0. The highest BCUT2D eigenvalue weighted by Gasteiger charge is 1.95. The highest BCUT2D eigenvalue weighted by atomic mass is 31.1. The van der Waals surface area contributed by atoms with E-state index in [1.165, 1.54) is 0 Å². The molecule has 0 aliphatic heterocycles. The summed E-state index contributed by atoms with van der Waals surface area (Å²) in [5.74, 6) is 0. The number of aromatic nitrogens is 2. The van der Waals surface area contributed by atoms with Crippen molar-refractivity contribution in [1.29, 1.82) is 0 Å². The number of imidazole rings is 1. The molecule has 0 unspecified atom stereocenters. The molecule has 0 radical (unpaired) electrons. The van der Waals surface area contributed by atoms with E-state index in [2.05, 4.69) is 50.8 Å². The molecule has 6 heteroatoms. The lowest BCUT2D eigenvalue weighted by Crippen LogP contribution is -2.28. The quantitative estimate of drug-likeness (QED) is 0.584. The van der Waals surface area contributed by atoms with Gasteiger partial charge in [0.05, 0.1) is 26.3 Å². The lowest BCUT2D eigenvalue weighted by atomic mass is 10.7. The zero-order chi connectivity index (χ0) is 13.1. The second-order valence-corrected chi connectivity index (χ2v) is 4.27. The fourth-order valence-corrected chi connectivity index (χ4v) is 1.64. The Balaban J connectivity index is 0.000000304. The van der Waals surface area contributed by atoms with Gasteiger partial charge in [-0.25, -0.2) is 9.13 Å². The molecule has 17 heavy (non-hydrogen) atoms. The van der Waals surface area contributed by atoms with E-state index < -0.39 is 8.25 Å². The van der Waals surface area contributed by atoms with E-state index in [0.717, 1.165) is 13.1 Å². The van der Waals surface area contributed by atoms with Gasteiger partial charge in [-0.2, -0.15) is 0 Å². The Bertz CT molecular complexity index is 289. The molecule has 1 aromatic heterocycles. The van der Waals surface area contributed by atoms with Crippen molar-refractivity contribution in [2.75, 3.05) is 13.2 Å². The van der Waals surface area contributed by atoms with Crippen LogP contribution in [0.25, 0.3) is 0 Å². The molecule has 0 saturated heterocycles. The smallest absolute Gasteiger partial charge is 0.311 e. The third kappa shape index (κ3) is 8.13. The molecule has 0 fully saturated rings. The van der Waals surface area contributed by atoms with E-state index in [4.69, 9.17) is 0 Å². The molecule has 1 aromatic rings. The van der Waals surface area contributed by atoms with Crippen molar-refractivity contribution in [3.05, 3.63) is 18.7 Å². The number of rotatable bonds is 6. The first kappa shape index (κ1) is 16.4. The summed E-state index contributed by atoms with van der Waals surface area (Å²) in [7, 11) is -2.14. The summed E-state index contributed by atoms with van der Waals surface area (Å²) in [5, 5.41) is 0. The summed E-state index contributed by atoms with van der Waals surface area (Å²) < 4.78 is 23.9. The van der Waals surface area contributed by atoms with Crippen LogP contribution in [0.5, 0.6) is 0 Å². The standard InChI is InChI=1S/C7H13N2.C4H11O3P/c1-3-8-5-6-9(4-2)7-8;1-3-6-8(5)7-4-2/h5-7H,3-4H2,1-2H3;8H,3-4H2,1-2H3/q+1;. The van der Waals surface area contributed by atoms with E-state index in [0.29, 0.717) is 13.2 Å². The molecule has 5 nitrogen and oxygen atoms in total. The second kappa shape index (κ2) is 10.5. The maximum atomic E-state index is 10.4. The number of aryl methyl sites for hydroxylation is 2. The van der Waals surface area contributed by atoms with Gasteiger partial charge in [-0.3, -0.25) is 4.57 Å². The highest BCUT2D eigenvalue weighted by Crippen LogP contribution is 2.21. The first-order chi connectivity index (χ1) is 8.17. The molecule has 0 aliphatic carbocycles. The zero-order valence-electron chi connectivity index (χ0n) is 11.2. The van der Waals surface area contributed by atoms with E-state index in [1.807, 2.05) is 0 Å². The maximum Gasteiger partial charge on any atom is 0.319 e. The zero-order valence-corrected chi connectivity index (χ0v) is 12.2. The van der Waals surface area contributed by atoms with Gasteiger partial charge in [0.15, 0.2) is 0 Å². The van der Waals surface area contributed by atoms with Crippen LogP contribution in [0.4, 0.5) is 0 Å². The van der Waals surface area contributed by atoms with Gasteiger partial charge >= 0.3 is 8.25 Å². The van der Waals surface area contributed by atoms with E-state index >= 15 is 0 Å². The fourth-order valence-electron chi connectivity index (χ4n) is 1.09. The Hall–Kier alpha value is -0.640. The van der Waals surface area contributed by atoms with Gasteiger partial charge in [0.2, 0.25) is 6.33 Å². The molecule has 0 bridgehead atoms. The SMILES string of the molecule is CCO[PH](=O)OCC.CCn1cc[n+](CC)c1. The van der Waals surface area contributed by atoms with E-state index in [-0.39, 0.29) is 0 Å². The highest BCUT2D eigenvalue weighted by molar-refractivity contribution is 7.33. The van der Waals surface area contributed by atoms with Crippen molar-refractivity contribution in [2.24, 2.45) is 0 Å². The normalized spacial score (nSPS) is 10.2. The van der Waals surface area contributed by atoms with Crippen molar-refractivity contribution < 1.29 is 18.2 Å². The van der Waals surface area contributed by atoms with Gasteiger partial charge in [0.1, 0.15) is 12.4 Å². The van der Waals surface area contributed by atoms with Crippen molar-refractivity contribution in [3.8, 4) is 0 Å². The molecule has 1 rings (SSSR count). The molecule has 0 saturated carbocycles. The van der Waals surface area contributed by atoms with Crippen LogP contribution in [-0.2, 0) is 26.7 Å². The molecule has 1 heterocycles. The Morgan fingerprint density at radius 1 is 1.18 bits per heavy atom. The van der Waals surface area contributed by atoms with Gasteiger partial charge < -0.3 is 9.05 Å². The topological polar surface area (TPSA) is 44.3 Å². The molecule has 0 aromatic carbocycles. The van der Waals surface area contributed by atoms with Crippen LogP contribution < -0.4 is 4.57 Å². The maximum absolute atomic E-state index is 10.4.